The van der Waals surface area contributed by atoms with Crippen LogP contribution < -0.4 is 15.9 Å². The van der Waals surface area contributed by atoms with E-state index in [1.54, 1.807) is 6.92 Å². The topological polar surface area (TPSA) is 74.6 Å². The molecule has 0 aliphatic rings. The van der Waals surface area contributed by atoms with E-state index in [0.717, 1.165) is 10.6 Å². The molecule has 4 nitrogen and oxygen atoms in total. The Morgan fingerprint density at radius 1 is 0.731 bits per heavy atom. The Labute approximate surface area is 152 Å². The maximum Gasteiger partial charge on any atom is 0.336 e. The summed E-state index contributed by atoms with van der Waals surface area (Å²) >= 11 is 0. The van der Waals surface area contributed by atoms with Gasteiger partial charge in [-0.1, -0.05) is 60.7 Å². The Morgan fingerprint density at radius 3 is 1.62 bits per heavy atom. The smallest absolute Gasteiger partial charge is 0.336 e. The van der Waals surface area contributed by atoms with Crippen LogP contribution >= 0.6 is 7.92 Å². The second-order valence-electron chi connectivity index (χ2n) is 5.80. The van der Waals surface area contributed by atoms with Crippen LogP contribution in [-0.4, -0.2) is 22.2 Å². The van der Waals surface area contributed by atoms with Crippen molar-refractivity contribution in [3.63, 3.8) is 0 Å². The van der Waals surface area contributed by atoms with E-state index in [9.17, 15) is 19.8 Å². The fraction of sp³-hybridized carbons (Fsp3) is 0.0476. The molecule has 0 saturated carbocycles. The highest BCUT2D eigenvalue weighted by atomic mass is 31.1. The predicted octanol–water partition coefficient (Wildman–Crippen LogP) is 3.15. The van der Waals surface area contributed by atoms with Crippen LogP contribution in [0.2, 0.25) is 0 Å². The van der Waals surface area contributed by atoms with E-state index in [0.29, 0.717) is 10.9 Å². The monoisotopic (exact) mass is 364 g/mol. The first kappa shape index (κ1) is 17.8. The van der Waals surface area contributed by atoms with Crippen molar-refractivity contribution in [1.29, 1.82) is 0 Å². The van der Waals surface area contributed by atoms with Gasteiger partial charge < -0.3 is 10.2 Å². The third kappa shape index (κ3) is 3.51. The number of aromatic carboxylic acids is 2. The molecule has 3 aromatic carbocycles. The van der Waals surface area contributed by atoms with E-state index in [-0.39, 0.29) is 11.1 Å². The third-order valence-electron chi connectivity index (χ3n) is 4.07. The summed E-state index contributed by atoms with van der Waals surface area (Å²) in [5, 5.41) is 21.7. The molecule has 3 rings (SSSR count). The van der Waals surface area contributed by atoms with Crippen molar-refractivity contribution >= 4 is 35.8 Å². The van der Waals surface area contributed by atoms with E-state index in [4.69, 9.17) is 0 Å². The second-order valence-corrected chi connectivity index (χ2v) is 7.99. The molecule has 3 aromatic rings. The standard InChI is InChI=1S/C21H17O4P/c1-14-12-18(21(24)25)19(13-17(14)20(22)23)26(15-8-4-2-5-9-15)16-10-6-3-7-11-16/h2-13H,1H3,(H,22,23)(H,24,25). The highest BCUT2D eigenvalue weighted by molar-refractivity contribution is 7.80. The SMILES string of the molecule is Cc1cc(C(=O)O)c(P(c2ccccc2)c2ccccc2)cc1C(=O)O. The first-order chi connectivity index (χ1) is 12.5. The van der Waals surface area contributed by atoms with Gasteiger partial charge in [0.2, 0.25) is 0 Å². The normalized spacial score (nSPS) is 10.7. The molecule has 2 N–H and O–H groups in total. The zero-order valence-electron chi connectivity index (χ0n) is 14.1. The number of carboxylic acids is 2. The predicted molar refractivity (Wildman–Crippen MR) is 104 cm³/mol. The lowest BCUT2D eigenvalue weighted by atomic mass is 10.1. The Kier molecular flexibility index (Phi) is 5.15. The summed E-state index contributed by atoms with van der Waals surface area (Å²) in [6.45, 7) is 1.62. The van der Waals surface area contributed by atoms with Gasteiger partial charge >= 0.3 is 11.9 Å². The number of carbonyl (C=O) groups is 2. The lowest BCUT2D eigenvalue weighted by molar-refractivity contribution is 0.0681. The van der Waals surface area contributed by atoms with Crippen molar-refractivity contribution in [2.24, 2.45) is 0 Å². The maximum atomic E-state index is 11.9. The zero-order chi connectivity index (χ0) is 18.7. The van der Waals surface area contributed by atoms with E-state index in [2.05, 4.69) is 0 Å². The Bertz CT molecular complexity index is 913. The molecular weight excluding hydrogens is 347 g/mol. The molecule has 130 valence electrons. The van der Waals surface area contributed by atoms with Gasteiger partial charge in [0.05, 0.1) is 11.1 Å². The van der Waals surface area contributed by atoms with Crippen molar-refractivity contribution in [1.82, 2.24) is 0 Å². The fourth-order valence-electron chi connectivity index (χ4n) is 2.86. The Morgan fingerprint density at radius 2 is 1.19 bits per heavy atom. The van der Waals surface area contributed by atoms with Crippen molar-refractivity contribution in [3.05, 3.63) is 89.5 Å². The number of hydrogen-bond donors (Lipinski definition) is 2. The summed E-state index contributed by atoms with van der Waals surface area (Å²) in [4.78, 5) is 23.5. The molecule has 0 aliphatic heterocycles. The van der Waals surface area contributed by atoms with Crippen LogP contribution in [0.25, 0.3) is 0 Å². The summed E-state index contributed by atoms with van der Waals surface area (Å²) in [6.07, 6.45) is 0. The molecule has 0 radical (unpaired) electrons. The molecule has 5 heteroatoms. The molecule has 0 heterocycles. The molecule has 0 amide bonds. The molecule has 0 fully saturated rings. The minimum atomic E-state index is -1.20. The quantitative estimate of drug-likeness (QED) is 0.682. The average molecular weight is 364 g/mol. The number of hydrogen-bond acceptors (Lipinski definition) is 2. The van der Waals surface area contributed by atoms with Crippen molar-refractivity contribution in [2.75, 3.05) is 0 Å². The van der Waals surface area contributed by atoms with Gasteiger partial charge in [0.15, 0.2) is 0 Å². The zero-order valence-corrected chi connectivity index (χ0v) is 15.0. The molecule has 0 saturated heterocycles. The highest BCUT2D eigenvalue weighted by Gasteiger charge is 2.25. The van der Waals surface area contributed by atoms with E-state index in [1.165, 1.54) is 12.1 Å². The number of benzene rings is 3. The molecule has 0 unspecified atom stereocenters. The van der Waals surface area contributed by atoms with E-state index in [1.807, 2.05) is 60.7 Å². The lowest BCUT2D eigenvalue weighted by Gasteiger charge is -2.22. The summed E-state index contributed by atoms with van der Waals surface area (Å²) < 4.78 is 0. The highest BCUT2D eigenvalue weighted by Crippen LogP contribution is 2.35. The van der Waals surface area contributed by atoms with Crippen molar-refractivity contribution < 1.29 is 19.8 Å². The molecule has 0 spiro atoms. The molecule has 0 aromatic heterocycles. The second kappa shape index (κ2) is 7.51. The van der Waals surface area contributed by atoms with Crippen LogP contribution in [0, 0.1) is 6.92 Å². The molecule has 0 bridgehead atoms. The van der Waals surface area contributed by atoms with Gasteiger partial charge in [0, 0.05) is 5.30 Å². The lowest BCUT2D eigenvalue weighted by Crippen LogP contribution is -2.26. The van der Waals surface area contributed by atoms with Crippen LogP contribution in [0.1, 0.15) is 26.3 Å². The number of aryl methyl sites for hydroxylation is 1. The van der Waals surface area contributed by atoms with Gasteiger partial charge in [0.1, 0.15) is 0 Å². The molecule has 0 aliphatic carbocycles. The van der Waals surface area contributed by atoms with Gasteiger partial charge in [-0.3, -0.25) is 0 Å². The van der Waals surface area contributed by atoms with Crippen LogP contribution in [0.3, 0.4) is 0 Å². The number of rotatable bonds is 5. The summed E-state index contributed by atoms with van der Waals surface area (Å²) in [6, 6.07) is 22.2. The van der Waals surface area contributed by atoms with Gasteiger partial charge in [-0.05, 0) is 43.2 Å². The largest absolute Gasteiger partial charge is 0.478 e. The van der Waals surface area contributed by atoms with Crippen LogP contribution in [0.5, 0.6) is 0 Å². The van der Waals surface area contributed by atoms with Gasteiger partial charge in [0.25, 0.3) is 0 Å². The minimum absolute atomic E-state index is 0.129. The Hall–Kier alpha value is -2.97. The van der Waals surface area contributed by atoms with Crippen LogP contribution in [0.4, 0.5) is 0 Å². The molecule has 0 atom stereocenters. The first-order valence-electron chi connectivity index (χ1n) is 8.00. The van der Waals surface area contributed by atoms with Gasteiger partial charge in [-0.15, -0.1) is 0 Å². The number of carboxylic acid groups (broad SMARTS) is 2. The van der Waals surface area contributed by atoms with Gasteiger partial charge in [-0.25, -0.2) is 9.59 Å². The van der Waals surface area contributed by atoms with Crippen LogP contribution in [0.15, 0.2) is 72.8 Å². The first-order valence-corrected chi connectivity index (χ1v) is 9.34. The maximum absolute atomic E-state index is 11.9. The Balaban J connectivity index is 2.32. The molecular formula is C21H17O4P. The fourth-order valence-corrected chi connectivity index (χ4v) is 5.32. The van der Waals surface area contributed by atoms with E-state index < -0.39 is 19.9 Å². The average Bonchev–Trinajstić information content (AvgIpc) is 2.64. The summed E-state index contributed by atoms with van der Waals surface area (Å²) in [5.41, 5.74) is 0.713. The van der Waals surface area contributed by atoms with Crippen molar-refractivity contribution in [2.45, 2.75) is 6.92 Å². The third-order valence-corrected chi connectivity index (χ3v) is 6.55. The van der Waals surface area contributed by atoms with Gasteiger partial charge in [-0.2, -0.15) is 0 Å². The van der Waals surface area contributed by atoms with E-state index >= 15 is 0 Å². The van der Waals surface area contributed by atoms with Crippen molar-refractivity contribution in [3.8, 4) is 0 Å². The van der Waals surface area contributed by atoms with Crippen LogP contribution in [-0.2, 0) is 0 Å². The molecule has 26 heavy (non-hydrogen) atoms. The minimum Gasteiger partial charge on any atom is -0.478 e. The summed E-state index contributed by atoms with van der Waals surface area (Å²) in [5.74, 6) is -2.11. The summed E-state index contributed by atoms with van der Waals surface area (Å²) in [7, 11) is -1.20.